The van der Waals surface area contributed by atoms with Crippen molar-refractivity contribution in [3.05, 3.63) is 29.6 Å². The fraction of sp³-hybridized carbons (Fsp3) is 0.538. The highest BCUT2D eigenvalue weighted by molar-refractivity contribution is 14.0. The number of nitrogens with zero attached hydrogens (tertiary/aromatic N) is 4. The molecule has 0 radical (unpaired) electrons. The molecule has 0 spiro atoms. The first-order valence-electron chi connectivity index (χ1n) is 5.81. The fourth-order valence-corrected chi connectivity index (χ4v) is 1.74. The van der Waals surface area contributed by atoms with Crippen molar-refractivity contribution in [3.63, 3.8) is 0 Å². The number of halogens is 1. The van der Waals surface area contributed by atoms with Gasteiger partial charge in [-0.3, -0.25) is 9.98 Å². The van der Waals surface area contributed by atoms with Gasteiger partial charge in [0.1, 0.15) is 0 Å². The maximum Gasteiger partial charge on any atom is 0.195 e. The summed E-state index contributed by atoms with van der Waals surface area (Å²) in [5, 5.41) is 0. The van der Waals surface area contributed by atoms with Gasteiger partial charge in [-0.15, -0.1) is 24.0 Å². The quantitative estimate of drug-likeness (QED) is 0.469. The molecule has 0 aliphatic rings. The predicted octanol–water partition coefficient (Wildman–Crippen LogP) is 2.03. The summed E-state index contributed by atoms with van der Waals surface area (Å²) in [6.07, 6.45) is 4.70. The molecule has 0 amide bonds. The molecule has 1 rings (SSSR count). The highest BCUT2D eigenvalue weighted by Gasteiger charge is 2.03. The maximum atomic E-state index is 4.61. The number of aliphatic imine (C=N–C) groups is 1. The molecule has 4 nitrogen and oxygen atoms in total. The second kappa shape index (κ2) is 8.29. The second-order valence-electron chi connectivity index (χ2n) is 4.52. The Morgan fingerprint density at radius 1 is 1.22 bits per heavy atom. The Morgan fingerprint density at radius 2 is 1.83 bits per heavy atom. The van der Waals surface area contributed by atoms with Crippen molar-refractivity contribution in [3.8, 4) is 0 Å². The molecular weight excluding hydrogens is 339 g/mol. The van der Waals surface area contributed by atoms with E-state index in [1.165, 1.54) is 11.1 Å². The molecule has 18 heavy (non-hydrogen) atoms. The van der Waals surface area contributed by atoms with Crippen LogP contribution in [0, 0.1) is 6.92 Å². The van der Waals surface area contributed by atoms with Crippen LogP contribution in [0.25, 0.3) is 0 Å². The van der Waals surface area contributed by atoms with Gasteiger partial charge in [-0.05, 0) is 30.5 Å². The monoisotopic (exact) mass is 362 g/mol. The van der Waals surface area contributed by atoms with E-state index in [1.807, 2.05) is 50.4 Å². The van der Waals surface area contributed by atoms with E-state index >= 15 is 0 Å². The Morgan fingerprint density at radius 3 is 2.33 bits per heavy atom. The third-order valence-electron chi connectivity index (χ3n) is 2.57. The van der Waals surface area contributed by atoms with E-state index in [0.717, 1.165) is 18.9 Å². The lowest BCUT2D eigenvalue weighted by Crippen LogP contribution is -2.35. The molecule has 0 N–H and O–H groups in total. The molecule has 0 unspecified atom stereocenters. The minimum atomic E-state index is 0. The third-order valence-corrected chi connectivity index (χ3v) is 2.57. The SMILES string of the molecule is Cc1cnccc1CCN=C(N(C)C)N(C)C.I. The summed E-state index contributed by atoms with van der Waals surface area (Å²) in [4.78, 5) is 12.8. The van der Waals surface area contributed by atoms with Crippen molar-refractivity contribution in [1.29, 1.82) is 0 Å². The van der Waals surface area contributed by atoms with Crippen LogP contribution < -0.4 is 0 Å². The zero-order valence-corrected chi connectivity index (χ0v) is 14.2. The van der Waals surface area contributed by atoms with E-state index in [0.29, 0.717) is 0 Å². The molecule has 0 saturated carbocycles. The van der Waals surface area contributed by atoms with Crippen molar-refractivity contribution in [2.75, 3.05) is 34.7 Å². The van der Waals surface area contributed by atoms with Crippen LogP contribution in [-0.2, 0) is 6.42 Å². The Kier molecular flexibility index (Phi) is 7.90. The van der Waals surface area contributed by atoms with E-state index < -0.39 is 0 Å². The summed E-state index contributed by atoms with van der Waals surface area (Å²) in [5.74, 6) is 0.997. The Labute approximate surface area is 127 Å². The first-order chi connectivity index (χ1) is 8.02. The van der Waals surface area contributed by atoms with Gasteiger partial charge < -0.3 is 9.80 Å². The predicted molar refractivity (Wildman–Crippen MR) is 87.8 cm³/mol. The summed E-state index contributed by atoms with van der Waals surface area (Å²) >= 11 is 0. The number of guanidine groups is 1. The largest absolute Gasteiger partial charge is 0.349 e. The molecular formula is C13H23IN4. The molecule has 1 aromatic heterocycles. The van der Waals surface area contributed by atoms with Crippen LogP contribution >= 0.6 is 24.0 Å². The second-order valence-corrected chi connectivity index (χ2v) is 4.52. The zero-order chi connectivity index (χ0) is 12.8. The van der Waals surface area contributed by atoms with Gasteiger partial charge in [-0.1, -0.05) is 0 Å². The Bertz CT molecular complexity index is 378. The highest BCUT2D eigenvalue weighted by atomic mass is 127. The van der Waals surface area contributed by atoms with Crippen molar-refractivity contribution in [2.45, 2.75) is 13.3 Å². The number of pyridine rings is 1. The molecule has 0 aliphatic carbocycles. The maximum absolute atomic E-state index is 4.61. The number of aromatic nitrogens is 1. The van der Waals surface area contributed by atoms with Crippen LogP contribution in [-0.4, -0.2) is 55.5 Å². The summed E-state index contributed by atoms with van der Waals surface area (Å²) < 4.78 is 0. The number of rotatable bonds is 3. The smallest absolute Gasteiger partial charge is 0.195 e. The molecule has 0 aromatic carbocycles. The van der Waals surface area contributed by atoms with Crippen LogP contribution in [0.5, 0.6) is 0 Å². The normalized spacial score (nSPS) is 9.39. The lowest BCUT2D eigenvalue weighted by atomic mass is 10.1. The molecule has 1 aromatic rings. The van der Waals surface area contributed by atoms with Gasteiger partial charge in [0.2, 0.25) is 0 Å². The van der Waals surface area contributed by atoms with Crippen LogP contribution in [0.2, 0.25) is 0 Å². The first-order valence-corrected chi connectivity index (χ1v) is 5.81. The van der Waals surface area contributed by atoms with Gasteiger partial charge in [0.15, 0.2) is 5.96 Å². The molecule has 102 valence electrons. The minimum absolute atomic E-state index is 0. The summed E-state index contributed by atoms with van der Waals surface area (Å²) in [5.41, 5.74) is 2.56. The van der Waals surface area contributed by atoms with Crippen LogP contribution in [0.4, 0.5) is 0 Å². The van der Waals surface area contributed by atoms with Crippen LogP contribution in [0.3, 0.4) is 0 Å². The summed E-state index contributed by atoms with van der Waals surface area (Å²) in [6.45, 7) is 2.89. The van der Waals surface area contributed by atoms with E-state index in [1.54, 1.807) is 0 Å². The standard InChI is InChI=1S/C13H22N4.HI/c1-11-10-14-8-6-12(11)7-9-15-13(16(2)3)17(4)5;/h6,8,10H,7,9H2,1-5H3;1H. The number of aryl methyl sites for hydroxylation is 1. The molecule has 0 bridgehead atoms. The average Bonchev–Trinajstić information content (AvgIpc) is 2.25. The van der Waals surface area contributed by atoms with Gasteiger partial charge in [0.25, 0.3) is 0 Å². The van der Waals surface area contributed by atoms with Gasteiger partial charge >= 0.3 is 0 Å². The first kappa shape index (κ1) is 17.2. The molecule has 0 saturated heterocycles. The number of hydrogen-bond donors (Lipinski definition) is 0. The molecule has 5 heteroatoms. The lowest BCUT2D eigenvalue weighted by Gasteiger charge is -2.22. The molecule has 0 atom stereocenters. The summed E-state index contributed by atoms with van der Waals surface area (Å²) in [7, 11) is 8.04. The summed E-state index contributed by atoms with van der Waals surface area (Å²) in [6, 6.07) is 2.07. The number of hydrogen-bond acceptors (Lipinski definition) is 2. The van der Waals surface area contributed by atoms with Gasteiger partial charge in [0, 0.05) is 47.1 Å². The topological polar surface area (TPSA) is 31.7 Å². The van der Waals surface area contributed by atoms with Crippen molar-refractivity contribution >= 4 is 29.9 Å². The van der Waals surface area contributed by atoms with Crippen LogP contribution in [0.15, 0.2) is 23.5 Å². The van der Waals surface area contributed by atoms with Crippen LogP contribution in [0.1, 0.15) is 11.1 Å². The average molecular weight is 362 g/mol. The fourth-order valence-electron chi connectivity index (χ4n) is 1.74. The van der Waals surface area contributed by atoms with E-state index in [2.05, 4.69) is 23.0 Å². The molecule has 0 fully saturated rings. The van der Waals surface area contributed by atoms with Gasteiger partial charge in [0.05, 0.1) is 0 Å². The Balaban J connectivity index is 0.00000289. The molecule has 0 aliphatic heterocycles. The molecule has 1 heterocycles. The lowest BCUT2D eigenvalue weighted by molar-refractivity contribution is 0.479. The van der Waals surface area contributed by atoms with E-state index in [9.17, 15) is 0 Å². The van der Waals surface area contributed by atoms with Crippen molar-refractivity contribution < 1.29 is 0 Å². The van der Waals surface area contributed by atoms with Gasteiger partial charge in [-0.2, -0.15) is 0 Å². The van der Waals surface area contributed by atoms with Gasteiger partial charge in [-0.25, -0.2) is 0 Å². The van der Waals surface area contributed by atoms with E-state index in [4.69, 9.17) is 0 Å². The van der Waals surface area contributed by atoms with Crippen molar-refractivity contribution in [1.82, 2.24) is 14.8 Å². The minimum Gasteiger partial charge on any atom is -0.349 e. The third kappa shape index (κ3) is 5.20. The Hall–Kier alpha value is -0.850. The van der Waals surface area contributed by atoms with E-state index in [-0.39, 0.29) is 24.0 Å². The zero-order valence-electron chi connectivity index (χ0n) is 11.8. The van der Waals surface area contributed by atoms with Crippen molar-refractivity contribution in [2.24, 2.45) is 4.99 Å². The highest BCUT2D eigenvalue weighted by Crippen LogP contribution is 2.06.